The molecule has 0 heterocycles. The molecular formula is C30H40N2O3S. The van der Waals surface area contributed by atoms with E-state index < -0.39 is 10.0 Å². The number of nitrogens with one attached hydrogen (secondary N) is 1. The quantitative estimate of drug-likeness (QED) is 0.520. The van der Waals surface area contributed by atoms with E-state index in [9.17, 15) is 13.2 Å². The number of aryl methyl sites for hydroxylation is 3. The molecule has 2 aromatic rings. The number of hydrogen-bond acceptors (Lipinski definition) is 3. The minimum atomic E-state index is -3.62. The largest absolute Gasteiger partial charge is 0.348 e. The van der Waals surface area contributed by atoms with E-state index in [1.165, 1.54) is 65.8 Å². The predicted octanol–water partition coefficient (Wildman–Crippen LogP) is 5.72. The highest BCUT2D eigenvalue weighted by molar-refractivity contribution is 7.92. The first-order valence-corrected chi connectivity index (χ1v) is 15.2. The van der Waals surface area contributed by atoms with Crippen LogP contribution >= 0.6 is 0 Å². The molecule has 4 fully saturated rings. The van der Waals surface area contributed by atoms with Gasteiger partial charge in [-0.1, -0.05) is 24.3 Å². The van der Waals surface area contributed by atoms with E-state index in [1.54, 1.807) is 0 Å². The van der Waals surface area contributed by atoms with Crippen molar-refractivity contribution in [3.8, 4) is 0 Å². The van der Waals surface area contributed by atoms with Gasteiger partial charge in [0.1, 0.15) is 6.54 Å². The number of nitrogens with zero attached hydrogens (tertiary/aromatic N) is 1. The molecule has 4 bridgehead atoms. The molecule has 6 heteroatoms. The Morgan fingerprint density at radius 3 is 2.00 bits per heavy atom. The lowest BCUT2D eigenvalue weighted by Crippen LogP contribution is -2.48. The number of carbonyl (C=O) groups is 1. The van der Waals surface area contributed by atoms with Gasteiger partial charge in [-0.3, -0.25) is 9.10 Å². The molecule has 0 aliphatic heterocycles. The van der Waals surface area contributed by atoms with Gasteiger partial charge in [-0.2, -0.15) is 0 Å². The van der Waals surface area contributed by atoms with E-state index in [1.807, 2.05) is 26.0 Å². The molecule has 1 amide bonds. The van der Waals surface area contributed by atoms with Crippen LogP contribution in [0.4, 0.5) is 5.69 Å². The van der Waals surface area contributed by atoms with Gasteiger partial charge >= 0.3 is 0 Å². The van der Waals surface area contributed by atoms with Crippen LogP contribution in [0.1, 0.15) is 79.3 Å². The summed E-state index contributed by atoms with van der Waals surface area (Å²) in [6, 6.07) is 12.1. The highest BCUT2D eigenvalue weighted by Gasteiger charge is 2.51. The summed E-state index contributed by atoms with van der Waals surface area (Å²) in [4.78, 5) is 13.0. The summed E-state index contributed by atoms with van der Waals surface area (Å²) in [6.45, 7) is 7.89. The molecule has 4 saturated carbocycles. The number of rotatable bonds is 7. The van der Waals surface area contributed by atoms with Crippen LogP contribution in [0.3, 0.4) is 0 Å². The summed E-state index contributed by atoms with van der Waals surface area (Å²) >= 11 is 0. The molecule has 4 aliphatic carbocycles. The third-order valence-electron chi connectivity index (χ3n) is 9.22. The first-order valence-electron chi connectivity index (χ1n) is 13.4. The molecule has 1 unspecified atom stereocenters. The number of carbonyl (C=O) groups excluding carboxylic acids is 1. The number of amides is 1. The first-order chi connectivity index (χ1) is 16.9. The van der Waals surface area contributed by atoms with Gasteiger partial charge in [-0.25, -0.2) is 8.42 Å². The minimum absolute atomic E-state index is 0.211. The lowest BCUT2D eigenvalue weighted by Gasteiger charge is -2.57. The van der Waals surface area contributed by atoms with Crippen LogP contribution in [0.5, 0.6) is 0 Å². The van der Waals surface area contributed by atoms with E-state index in [-0.39, 0.29) is 23.9 Å². The SMILES string of the molecule is Cc1cc(C)c(C(C)NC(=O)CN(c2ccc(C34CC5CC(CC(C5)C3)C4)cc2)S(C)(=O)=O)cc1C. The molecule has 2 aromatic carbocycles. The Morgan fingerprint density at radius 2 is 1.47 bits per heavy atom. The van der Waals surface area contributed by atoms with Crippen molar-refractivity contribution >= 4 is 21.6 Å². The van der Waals surface area contributed by atoms with Crippen LogP contribution in [-0.4, -0.2) is 27.1 Å². The molecule has 0 radical (unpaired) electrons. The number of hydrogen-bond donors (Lipinski definition) is 1. The Balaban J connectivity index is 1.32. The van der Waals surface area contributed by atoms with Gasteiger partial charge in [0.25, 0.3) is 0 Å². The summed E-state index contributed by atoms with van der Waals surface area (Å²) in [5, 5.41) is 3.01. The van der Waals surface area contributed by atoms with Gasteiger partial charge in [0, 0.05) is 0 Å². The standard InChI is InChI=1S/C30H40N2O3S/c1-19-10-21(3)28(11-20(19)2)22(4)31-29(33)18-32(36(5,34)35)27-8-6-26(7-9-27)30-15-23-12-24(16-30)14-25(13-23)17-30/h6-11,22-25H,12-18H2,1-5H3,(H,31,33). The monoisotopic (exact) mass is 508 g/mol. The molecular weight excluding hydrogens is 468 g/mol. The van der Waals surface area contributed by atoms with E-state index in [0.29, 0.717) is 5.69 Å². The Kier molecular flexibility index (Phi) is 6.47. The Morgan fingerprint density at radius 1 is 0.944 bits per heavy atom. The van der Waals surface area contributed by atoms with Gasteiger partial charge in [-0.05, 0) is 129 Å². The second kappa shape index (κ2) is 9.20. The molecule has 0 spiro atoms. The van der Waals surface area contributed by atoms with E-state index in [0.717, 1.165) is 28.9 Å². The molecule has 6 rings (SSSR count). The van der Waals surface area contributed by atoms with Crippen LogP contribution in [0.15, 0.2) is 36.4 Å². The van der Waals surface area contributed by atoms with Crippen LogP contribution in [0.2, 0.25) is 0 Å². The van der Waals surface area contributed by atoms with Crippen LogP contribution < -0.4 is 9.62 Å². The second-order valence-corrected chi connectivity index (χ2v) is 14.0. The molecule has 5 nitrogen and oxygen atoms in total. The van der Waals surface area contributed by atoms with Crippen molar-refractivity contribution in [1.82, 2.24) is 5.32 Å². The van der Waals surface area contributed by atoms with Gasteiger partial charge in [-0.15, -0.1) is 0 Å². The predicted molar refractivity (Wildman–Crippen MR) is 146 cm³/mol. The summed E-state index contributed by atoms with van der Waals surface area (Å²) in [5.41, 5.74) is 6.73. The molecule has 0 saturated heterocycles. The second-order valence-electron chi connectivity index (χ2n) is 12.1. The van der Waals surface area contributed by atoms with Gasteiger partial charge in [0.15, 0.2) is 0 Å². The van der Waals surface area contributed by atoms with Crippen molar-refractivity contribution < 1.29 is 13.2 Å². The fourth-order valence-corrected chi connectivity index (χ4v) is 8.65. The third kappa shape index (κ3) is 4.81. The topological polar surface area (TPSA) is 66.5 Å². The van der Waals surface area contributed by atoms with Crippen LogP contribution in [0, 0.1) is 38.5 Å². The zero-order valence-corrected chi connectivity index (χ0v) is 23.1. The molecule has 1 N–H and O–H groups in total. The van der Waals surface area contributed by atoms with E-state index >= 15 is 0 Å². The lowest BCUT2D eigenvalue weighted by molar-refractivity contribution is -0.120. The van der Waals surface area contributed by atoms with E-state index in [2.05, 4.69) is 43.4 Å². The smallest absolute Gasteiger partial charge is 0.241 e. The molecule has 194 valence electrons. The van der Waals surface area contributed by atoms with Crippen molar-refractivity contribution in [3.05, 3.63) is 64.2 Å². The molecule has 36 heavy (non-hydrogen) atoms. The number of anilines is 1. The minimum Gasteiger partial charge on any atom is -0.348 e. The maximum absolute atomic E-state index is 13.0. The Bertz CT molecular complexity index is 1230. The fraction of sp³-hybridized carbons (Fsp3) is 0.567. The van der Waals surface area contributed by atoms with Gasteiger partial charge in [0.05, 0.1) is 18.0 Å². The van der Waals surface area contributed by atoms with Crippen molar-refractivity contribution in [3.63, 3.8) is 0 Å². The van der Waals surface area contributed by atoms with E-state index in [4.69, 9.17) is 0 Å². The fourth-order valence-electron chi connectivity index (χ4n) is 7.79. The number of benzene rings is 2. The van der Waals surface area contributed by atoms with Crippen molar-refractivity contribution in [2.24, 2.45) is 17.8 Å². The number of sulfonamides is 1. The third-order valence-corrected chi connectivity index (χ3v) is 10.4. The van der Waals surface area contributed by atoms with Crippen molar-refractivity contribution in [1.29, 1.82) is 0 Å². The summed E-state index contributed by atoms with van der Waals surface area (Å²) < 4.78 is 26.7. The van der Waals surface area contributed by atoms with Gasteiger partial charge < -0.3 is 5.32 Å². The summed E-state index contributed by atoms with van der Waals surface area (Å²) in [7, 11) is -3.62. The Labute approximate surface area is 216 Å². The Hall–Kier alpha value is -2.34. The zero-order valence-electron chi connectivity index (χ0n) is 22.3. The van der Waals surface area contributed by atoms with Crippen LogP contribution in [0.25, 0.3) is 0 Å². The normalized spacial score (nSPS) is 27.6. The summed E-state index contributed by atoms with van der Waals surface area (Å²) in [6.07, 6.45) is 9.17. The van der Waals surface area contributed by atoms with Crippen LogP contribution in [-0.2, 0) is 20.2 Å². The zero-order chi connectivity index (χ0) is 25.8. The average Bonchev–Trinajstić information content (AvgIpc) is 2.78. The van der Waals surface area contributed by atoms with Gasteiger partial charge in [0.2, 0.25) is 15.9 Å². The van der Waals surface area contributed by atoms with Crippen molar-refractivity contribution in [2.75, 3.05) is 17.1 Å². The molecule has 4 aliphatic rings. The molecule has 0 aromatic heterocycles. The lowest BCUT2D eigenvalue weighted by atomic mass is 9.48. The maximum Gasteiger partial charge on any atom is 0.241 e. The summed E-state index contributed by atoms with van der Waals surface area (Å²) in [5.74, 6) is 2.26. The molecule has 1 atom stereocenters. The average molecular weight is 509 g/mol. The highest BCUT2D eigenvalue weighted by Crippen LogP contribution is 2.60. The van der Waals surface area contributed by atoms with Crippen molar-refractivity contribution in [2.45, 2.75) is 77.7 Å². The maximum atomic E-state index is 13.0. The first kappa shape index (κ1) is 25.3. The highest BCUT2D eigenvalue weighted by atomic mass is 32.2.